The molecule has 3 aromatic heterocycles. The van der Waals surface area contributed by atoms with Crippen LogP contribution in [0.2, 0.25) is 0 Å². The molecule has 160 valence electrons. The predicted octanol–water partition coefficient (Wildman–Crippen LogP) is 7.25. The summed E-state index contributed by atoms with van der Waals surface area (Å²) in [6, 6.07) is 14.1. The van der Waals surface area contributed by atoms with E-state index in [-0.39, 0.29) is 0 Å². The molecule has 0 fully saturated rings. The van der Waals surface area contributed by atoms with Crippen molar-refractivity contribution in [3.05, 3.63) is 70.4 Å². The fourth-order valence-corrected chi connectivity index (χ4v) is 6.04. The van der Waals surface area contributed by atoms with Gasteiger partial charge in [0.25, 0.3) is 0 Å². The molecule has 0 aliphatic carbocycles. The molecule has 0 N–H and O–H groups in total. The van der Waals surface area contributed by atoms with E-state index in [1.807, 2.05) is 0 Å². The lowest BCUT2D eigenvalue weighted by Crippen LogP contribution is -2.29. The van der Waals surface area contributed by atoms with Crippen LogP contribution in [0.25, 0.3) is 49.0 Å². The Bertz CT molecular complexity index is 1710. The van der Waals surface area contributed by atoms with Crippen LogP contribution in [0.4, 0.5) is 0 Å². The summed E-state index contributed by atoms with van der Waals surface area (Å²) in [5.41, 5.74) is 12.3. The fraction of sp³-hybridized carbons (Fsp3) is 0.300. The summed E-state index contributed by atoms with van der Waals surface area (Å²) in [7, 11) is 2.20. The minimum absolute atomic E-state index is 0.611. The third-order valence-corrected chi connectivity index (χ3v) is 7.46. The molecule has 2 nitrogen and oxygen atoms in total. The van der Waals surface area contributed by atoms with Crippen molar-refractivity contribution in [2.45, 2.75) is 48.0 Å². The second-order valence-corrected chi connectivity index (χ2v) is 10.3. The van der Waals surface area contributed by atoms with Crippen molar-refractivity contribution in [3.8, 4) is 0 Å². The number of pyridine rings is 2. The van der Waals surface area contributed by atoms with Crippen molar-refractivity contribution < 1.29 is 4.57 Å². The van der Waals surface area contributed by atoms with Crippen LogP contribution in [0.15, 0.2) is 42.6 Å². The number of hydrogen-bond donors (Lipinski definition) is 0. The maximum absolute atomic E-state index is 2.58. The monoisotopic (exact) mass is 419 g/mol. The highest BCUT2D eigenvalue weighted by molar-refractivity contribution is 6.28. The molecule has 0 atom stereocenters. The highest BCUT2D eigenvalue weighted by atomic mass is 15.0. The smallest absolute Gasteiger partial charge is 0.224 e. The summed E-state index contributed by atoms with van der Waals surface area (Å²) in [6.45, 7) is 13.7. The van der Waals surface area contributed by atoms with Gasteiger partial charge in [0, 0.05) is 16.8 Å². The van der Waals surface area contributed by atoms with Gasteiger partial charge in [0.2, 0.25) is 5.52 Å². The predicted molar refractivity (Wildman–Crippen MR) is 137 cm³/mol. The van der Waals surface area contributed by atoms with Gasteiger partial charge in [0.1, 0.15) is 7.05 Å². The highest BCUT2D eigenvalue weighted by Gasteiger charge is 2.27. The van der Waals surface area contributed by atoms with E-state index in [2.05, 4.69) is 100 Å². The van der Waals surface area contributed by atoms with Crippen molar-refractivity contribution >= 4 is 49.0 Å². The Labute approximate surface area is 189 Å². The Kier molecular flexibility index (Phi) is 3.94. The average molecular weight is 420 g/mol. The van der Waals surface area contributed by atoms with Gasteiger partial charge in [-0.2, -0.15) is 0 Å². The van der Waals surface area contributed by atoms with Crippen LogP contribution in [0, 0.1) is 33.6 Å². The van der Waals surface area contributed by atoms with E-state index >= 15 is 0 Å². The van der Waals surface area contributed by atoms with Crippen molar-refractivity contribution in [1.82, 2.24) is 4.40 Å². The van der Waals surface area contributed by atoms with Gasteiger partial charge in [-0.15, -0.1) is 0 Å². The molecule has 6 rings (SSSR count). The summed E-state index contributed by atoms with van der Waals surface area (Å²) in [5, 5.41) is 6.97. The number of nitrogens with zero attached hydrogens (tertiary/aromatic N) is 2. The van der Waals surface area contributed by atoms with Gasteiger partial charge in [-0.25, -0.2) is 4.57 Å². The van der Waals surface area contributed by atoms with Crippen LogP contribution in [0.5, 0.6) is 0 Å². The van der Waals surface area contributed by atoms with E-state index in [0.717, 1.165) is 6.42 Å². The molecule has 0 saturated heterocycles. The van der Waals surface area contributed by atoms with Crippen LogP contribution in [-0.2, 0) is 13.5 Å². The lowest BCUT2D eigenvalue weighted by Gasteiger charge is -2.17. The zero-order valence-electron chi connectivity index (χ0n) is 20.2. The van der Waals surface area contributed by atoms with Gasteiger partial charge < -0.3 is 4.40 Å². The summed E-state index contributed by atoms with van der Waals surface area (Å²) < 4.78 is 4.92. The van der Waals surface area contributed by atoms with E-state index < -0.39 is 0 Å². The number of benzene rings is 3. The second kappa shape index (κ2) is 6.45. The molecule has 0 bridgehead atoms. The van der Waals surface area contributed by atoms with Gasteiger partial charge in [0.15, 0.2) is 6.20 Å². The van der Waals surface area contributed by atoms with Crippen LogP contribution in [0.3, 0.4) is 0 Å². The Morgan fingerprint density at radius 3 is 2.38 bits per heavy atom. The molecule has 0 spiro atoms. The molecule has 0 radical (unpaired) electrons. The first-order valence-corrected chi connectivity index (χ1v) is 11.8. The lowest BCUT2D eigenvalue weighted by atomic mass is 9.91. The minimum atomic E-state index is 0.611. The largest absolute Gasteiger partial charge is 0.307 e. The molecule has 0 saturated carbocycles. The lowest BCUT2D eigenvalue weighted by molar-refractivity contribution is -0.643. The summed E-state index contributed by atoms with van der Waals surface area (Å²) in [6.07, 6.45) is 3.33. The van der Waals surface area contributed by atoms with E-state index in [1.54, 1.807) is 0 Å². The number of hydrogen-bond acceptors (Lipinski definition) is 0. The standard InChI is InChI=1S/C30H31N2/c1-16(2)12-22-15-21-10-11-31(7)29-25-20(6)18(4)14-19(5)28(25)32-24-9-8-17(3)13-23(24)26(22)30(32)27(21)29/h8-11,13-16H,12H2,1-7H3/q+1. The van der Waals surface area contributed by atoms with E-state index in [4.69, 9.17) is 0 Å². The first-order valence-electron chi connectivity index (χ1n) is 11.8. The Morgan fingerprint density at radius 2 is 1.62 bits per heavy atom. The van der Waals surface area contributed by atoms with Gasteiger partial charge in [-0.05, 0) is 85.9 Å². The quantitative estimate of drug-likeness (QED) is 0.159. The average Bonchev–Trinajstić information content (AvgIpc) is 3.06. The molecule has 6 aromatic rings. The topological polar surface area (TPSA) is 8.29 Å². The molecule has 0 unspecified atom stereocenters. The summed E-state index contributed by atoms with van der Waals surface area (Å²) in [5.74, 6) is 0.611. The summed E-state index contributed by atoms with van der Waals surface area (Å²) >= 11 is 0. The van der Waals surface area contributed by atoms with Gasteiger partial charge in [0.05, 0.1) is 27.3 Å². The van der Waals surface area contributed by atoms with E-state index in [0.29, 0.717) is 5.92 Å². The Hall–Kier alpha value is -3.13. The molecule has 3 heterocycles. The van der Waals surface area contributed by atoms with E-state index in [9.17, 15) is 0 Å². The number of aromatic nitrogens is 2. The maximum atomic E-state index is 2.58. The third-order valence-electron chi connectivity index (χ3n) is 7.46. The molecule has 32 heavy (non-hydrogen) atoms. The Balaban J connectivity index is 2.08. The number of fused-ring (bicyclic) bond motifs is 6. The van der Waals surface area contributed by atoms with Gasteiger partial charge in [-0.3, -0.25) is 0 Å². The molecular formula is C30H31N2+. The number of rotatable bonds is 2. The van der Waals surface area contributed by atoms with Crippen LogP contribution in [-0.4, -0.2) is 4.40 Å². The molecule has 0 aliphatic rings. The first kappa shape index (κ1) is 19.5. The zero-order chi connectivity index (χ0) is 22.5. The maximum Gasteiger partial charge on any atom is 0.224 e. The van der Waals surface area contributed by atoms with Gasteiger partial charge in [-0.1, -0.05) is 31.5 Å². The molecular weight excluding hydrogens is 388 g/mol. The van der Waals surface area contributed by atoms with Crippen LogP contribution < -0.4 is 4.57 Å². The van der Waals surface area contributed by atoms with Crippen molar-refractivity contribution in [3.63, 3.8) is 0 Å². The summed E-state index contributed by atoms with van der Waals surface area (Å²) in [4.78, 5) is 0. The normalized spacial score (nSPS) is 12.6. The Morgan fingerprint density at radius 1 is 0.844 bits per heavy atom. The third kappa shape index (κ3) is 2.38. The fourth-order valence-electron chi connectivity index (χ4n) is 6.04. The molecule has 2 heteroatoms. The molecule has 0 aliphatic heterocycles. The zero-order valence-corrected chi connectivity index (χ0v) is 20.2. The van der Waals surface area contributed by atoms with Gasteiger partial charge >= 0.3 is 0 Å². The highest BCUT2D eigenvalue weighted by Crippen LogP contribution is 2.44. The minimum Gasteiger partial charge on any atom is -0.307 e. The second-order valence-electron chi connectivity index (χ2n) is 10.3. The molecule has 0 amide bonds. The SMILES string of the molecule is Cc1ccc2c(c1)c1c(CC(C)C)cc3cc[n+](C)c4c5c(C)c(C)cc(C)c5n2c1c34. The first-order chi connectivity index (χ1) is 15.3. The van der Waals surface area contributed by atoms with Crippen LogP contribution in [0.1, 0.15) is 41.7 Å². The molecule has 3 aromatic carbocycles. The van der Waals surface area contributed by atoms with Crippen molar-refractivity contribution in [2.24, 2.45) is 13.0 Å². The number of aryl methyl sites for hydroxylation is 5. The van der Waals surface area contributed by atoms with Crippen LogP contribution >= 0.6 is 0 Å². The van der Waals surface area contributed by atoms with Crippen molar-refractivity contribution in [2.75, 3.05) is 0 Å². The van der Waals surface area contributed by atoms with E-state index in [1.165, 1.54) is 76.8 Å². The van der Waals surface area contributed by atoms with Crippen molar-refractivity contribution in [1.29, 1.82) is 0 Å².